The monoisotopic (exact) mass is 499 g/mol. The van der Waals surface area contributed by atoms with Crippen LogP contribution in [0.4, 0.5) is 0 Å². The summed E-state index contributed by atoms with van der Waals surface area (Å²) in [4.78, 5) is 27.3. The van der Waals surface area contributed by atoms with Crippen molar-refractivity contribution < 1.29 is 32.6 Å². The Balaban J connectivity index is 2.00. The largest absolute Gasteiger partial charge is 0.497 e. The van der Waals surface area contributed by atoms with Crippen molar-refractivity contribution >= 4 is 21.8 Å². The number of esters is 1. The number of hydrogen-bond acceptors (Lipinski definition) is 6. The average Bonchev–Trinajstić information content (AvgIpc) is 3.38. The molecule has 1 aromatic heterocycles. The fraction of sp³-hybridized carbons (Fsp3) is 0.308. The van der Waals surface area contributed by atoms with Gasteiger partial charge in [0.2, 0.25) is 0 Å². The van der Waals surface area contributed by atoms with E-state index >= 15 is 0 Å². The number of hydrogen-bond donors (Lipinski definition) is 2. The van der Waals surface area contributed by atoms with Crippen LogP contribution >= 0.6 is 0 Å². The second-order valence-electron chi connectivity index (χ2n) is 8.30. The van der Waals surface area contributed by atoms with Crippen LogP contribution in [0.2, 0.25) is 0 Å². The van der Waals surface area contributed by atoms with E-state index < -0.39 is 38.9 Å². The Morgan fingerprint density at radius 1 is 1.03 bits per heavy atom. The van der Waals surface area contributed by atoms with Gasteiger partial charge in [0.15, 0.2) is 9.84 Å². The van der Waals surface area contributed by atoms with E-state index in [-0.39, 0.29) is 24.3 Å². The van der Waals surface area contributed by atoms with Crippen LogP contribution in [-0.2, 0) is 35.5 Å². The number of rotatable bonds is 12. The highest BCUT2D eigenvalue weighted by molar-refractivity contribution is 7.92. The van der Waals surface area contributed by atoms with E-state index in [2.05, 4.69) is 4.98 Å². The molecule has 0 spiro atoms. The zero-order valence-corrected chi connectivity index (χ0v) is 20.5. The Bertz CT molecular complexity index is 1220. The van der Waals surface area contributed by atoms with Crippen LogP contribution in [0.15, 0.2) is 77.8 Å². The molecule has 0 aliphatic rings. The van der Waals surface area contributed by atoms with Gasteiger partial charge in [0.05, 0.1) is 12.0 Å². The minimum Gasteiger partial charge on any atom is -0.497 e. The van der Waals surface area contributed by atoms with Crippen molar-refractivity contribution in [1.29, 1.82) is 0 Å². The topological polar surface area (TPSA) is 123 Å². The minimum absolute atomic E-state index is 0.00258. The summed E-state index contributed by atoms with van der Waals surface area (Å²) in [6, 6.07) is 18.3. The van der Waals surface area contributed by atoms with Gasteiger partial charge in [-0.05, 0) is 54.3 Å². The summed E-state index contributed by atoms with van der Waals surface area (Å²) in [7, 11) is -2.70. The van der Waals surface area contributed by atoms with E-state index in [4.69, 9.17) is 9.47 Å². The Kier molecular flexibility index (Phi) is 8.34. The number of aromatic amines is 1. The fourth-order valence-electron chi connectivity index (χ4n) is 4.25. The first-order valence-electron chi connectivity index (χ1n) is 11.1. The number of carboxylic acid groups (broad SMARTS) is 1. The van der Waals surface area contributed by atoms with Crippen LogP contribution in [-0.4, -0.2) is 37.6 Å². The first-order valence-corrected chi connectivity index (χ1v) is 12.6. The Labute approximate surface area is 204 Å². The Morgan fingerprint density at radius 2 is 1.71 bits per heavy atom. The average molecular weight is 500 g/mol. The van der Waals surface area contributed by atoms with E-state index in [9.17, 15) is 23.1 Å². The molecule has 8 nitrogen and oxygen atoms in total. The maximum atomic E-state index is 14.2. The van der Waals surface area contributed by atoms with Gasteiger partial charge < -0.3 is 19.6 Å². The zero-order valence-electron chi connectivity index (χ0n) is 19.6. The predicted molar refractivity (Wildman–Crippen MR) is 130 cm³/mol. The second-order valence-corrected chi connectivity index (χ2v) is 10.5. The first kappa shape index (κ1) is 26.0. The fourth-order valence-corrected chi connectivity index (χ4v) is 6.57. The lowest BCUT2D eigenvalue weighted by Crippen LogP contribution is -2.44. The molecule has 2 atom stereocenters. The second kappa shape index (κ2) is 11.2. The lowest BCUT2D eigenvalue weighted by Gasteiger charge is -2.37. The number of aromatic nitrogens is 1. The number of sulfone groups is 1. The predicted octanol–water partition coefficient (Wildman–Crippen LogP) is 4.33. The van der Waals surface area contributed by atoms with E-state index in [0.29, 0.717) is 11.4 Å². The molecule has 0 saturated carbocycles. The number of nitrogens with one attached hydrogen (secondary N) is 1. The van der Waals surface area contributed by atoms with Crippen LogP contribution in [0.5, 0.6) is 5.75 Å². The van der Waals surface area contributed by atoms with Crippen LogP contribution in [0.25, 0.3) is 0 Å². The smallest absolute Gasteiger partial charge is 0.306 e. The summed E-state index contributed by atoms with van der Waals surface area (Å²) >= 11 is 0. The molecule has 3 aromatic rings. The van der Waals surface area contributed by atoms with Crippen molar-refractivity contribution in [2.24, 2.45) is 5.92 Å². The van der Waals surface area contributed by atoms with Gasteiger partial charge in [-0.25, -0.2) is 8.42 Å². The summed E-state index contributed by atoms with van der Waals surface area (Å²) in [6.07, 6.45) is 0.720. The molecule has 9 heteroatoms. The van der Waals surface area contributed by atoms with Gasteiger partial charge >= 0.3 is 11.9 Å². The molecule has 0 bridgehead atoms. The van der Waals surface area contributed by atoms with Crippen molar-refractivity contribution in [3.05, 3.63) is 84.2 Å². The number of carboxylic acids is 1. The summed E-state index contributed by atoms with van der Waals surface area (Å²) in [5.74, 6) is -2.03. The van der Waals surface area contributed by atoms with Crippen molar-refractivity contribution in [3.63, 3.8) is 0 Å². The summed E-state index contributed by atoms with van der Waals surface area (Å²) in [5.41, 5.74) is 1.12. The summed E-state index contributed by atoms with van der Waals surface area (Å²) in [5, 5.41) is 9.44. The number of benzene rings is 2. The number of carbonyl (C=O) groups is 2. The number of methoxy groups -OCH3 is 1. The third-order valence-corrected chi connectivity index (χ3v) is 8.80. The van der Waals surface area contributed by atoms with Gasteiger partial charge in [-0.3, -0.25) is 9.59 Å². The molecule has 0 fully saturated rings. The maximum absolute atomic E-state index is 14.2. The highest BCUT2D eigenvalue weighted by Gasteiger charge is 2.51. The Hall–Kier alpha value is -3.59. The number of carbonyl (C=O) groups excluding carboxylic acids is 1. The van der Waals surface area contributed by atoms with Crippen molar-refractivity contribution in [2.75, 3.05) is 7.11 Å². The number of ether oxygens (including phenoxy) is 2. The molecule has 2 aromatic carbocycles. The summed E-state index contributed by atoms with van der Waals surface area (Å²) < 4.78 is 37.2. The number of aliphatic carboxylic acids is 1. The molecule has 2 N–H and O–H groups in total. The highest BCUT2D eigenvalue weighted by Crippen LogP contribution is 2.46. The van der Waals surface area contributed by atoms with Crippen molar-refractivity contribution in [3.8, 4) is 5.75 Å². The third kappa shape index (κ3) is 5.74. The van der Waals surface area contributed by atoms with Gasteiger partial charge in [-0.1, -0.05) is 37.3 Å². The van der Waals surface area contributed by atoms with Crippen LogP contribution < -0.4 is 4.74 Å². The third-order valence-electron chi connectivity index (χ3n) is 6.12. The van der Waals surface area contributed by atoms with E-state index in [1.54, 1.807) is 25.3 Å². The lowest BCUT2D eigenvalue weighted by molar-refractivity contribution is -0.146. The molecule has 35 heavy (non-hydrogen) atoms. The lowest BCUT2D eigenvalue weighted by atomic mass is 9.83. The highest BCUT2D eigenvalue weighted by atomic mass is 32.2. The molecule has 0 aliphatic carbocycles. The van der Waals surface area contributed by atoms with E-state index in [1.807, 2.05) is 30.3 Å². The minimum atomic E-state index is -4.18. The van der Waals surface area contributed by atoms with Crippen molar-refractivity contribution in [1.82, 2.24) is 4.98 Å². The molecule has 0 radical (unpaired) electrons. The molecule has 1 heterocycles. The molecule has 0 amide bonds. The van der Waals surface area contributed by atoms with Gasteiger partial charge in [0.25, 0.3) is 0 Å². The molecule has 0 saturated heterocycles. The normalized spacial score (nSPS) is 14.0. The van der Waals surface area contributed by atoms with Gasteiger partial charge in [0, 0.05) is 24.7 Å². The van der Waals surface area contributed by atoms with Gasteiger partial charge in [-0.15, -0.1) is 0 Å². The Morgan fingerprint density at radius 3 is 2.29 bits per heavy atom. The van der Waals surface area contributed by atoms with Crippen LogP contribution in [0, 0.1) is 5.92 Å². The molecular formula is C26H29NO7S. The van der Waals surface area contributed by atoms with Crippen LogP contribution in [0.1, 0.15) is 37.4 Å². The van der Waals surface area contributed by atoms with E-state index in [1.165, 1.54) is 31.4 Å². The van der Waals surface area contributed by atoms with E-state index in [0.717, 1.165) is 5.56 Å². The van der Waals surface area contributed by atoms with Crippen LogP contribution in [0.3, 0.4) is 0 Å². The SMILES string of the molecule is COc1ccc(S(=O)(=O)C(CCC(=O)O)(c2ccc[nH]2)C(C)CC(=O)OCc2ccccc2)cc1. The molecule has 186 valence electrons. The summed E-state index contributed by atoms with van der Waals surface area (Å²) in [6.45, 7) is 1.69. The molecule has 2 unspecified atom stereocenters. The van der Waals surface area contributed by atoms with Crippen molar-refractivity contribution in [2.45, 2.75) is 42.4 Å². The number of H-pyrrole nitrogens is 1. The molecule has 0 aliphatic heterocycles. The molecule has 3 rings (SSSR count). The maximum Gasteiger partial charge on any atom is 0.306 e. The standard InChI is InChI=1S/C26H29NO7S/c1-19(17-25(30)34-18-20-7-4-3-5-8-20)26(15-14-24(28)29,23-9-6-16-27-23)35(31,32)22-12-10-21(33-2)11-13-22/h3-13,16,19,27H,14-15,17-18H2,1-2H3,(H,28,29). The van der Waals surface area contributed by atoms with Gasteiger partial charge in [-0.2, -0.15) is 0 Å². The first-order chi connectivity index (χ1) is 16.7. The molecular weight excluding hydrogens is 470 g/mol. The zero-order chi connectivity index (χ0) is 25.5. The quantitative estimate of drug-likeness (QED) is 0.356. The van der Waals surface area contributed by atoms with Gasteiger partial charge in [0.1, 0.15) is 17.1 Å².